The number of ether oxygens (including phenoxy) is 1. The molecule has 0 radical (unpaired) electrons. The Morgan fingerprint density at radius 2 is 2.00 bits per heavy atom. The summed E-state index contributed by atoms with van der Waals surface area (Å²) in [5, 5.41) is 0. The van der Waals surface area contributed by atoms with Crippen molar-refractivity contribution in [2.75, 3.05) is 31.3 Å². The molecular formula is C9H18ClNO3S. The summed E-state index contributed by atoms with van der Waals surface area (Å²) in [7, 11) is -3.01. The molecule has 1 rings (SSSR count). The lowest BCUT2D eigenvalue weighted by Gasteiger charge is -2.30. The molecule has 0 aromatic heterocycles. The Hall–Kier alpha value is 0.160. The summed E-state index contributed by atoms with van der Waals surface area (Å²) >= 11 is 5.51. The van der Waals surface area contributed by atoms with Crippen LogP contribution in [0.2, 0.25) is 0 Å². The lowest BCUT2D eigenvalue weighted by Crippen LogP contribution is -2.41. The molecule has 1 aliphatic heterocycles. The van der Waals surface area contributed by atoms with Gasteiger partial charge in [-0.25, -0.2) is 12.7 Å². The SMILES string of the molecule is CCS(=O)(=O)N1CCC(OCCCl)CC1. The highest BCUT2D eigenvalue weighted by Crippen LogP contribution is 2.16. The molecule has 90 valence electrons. The van der Waals surface area contributed by atoms with Crippen LogP contribution in [0, 0.1) is 0 Å². The van der Waals surface area contributed by atoms with Crippen LogP contribution in [0.25, 0.3) is 0 Å². The zero-order valence-corrected chi connectivity index (χ0v) is 10.6. The molecule has 0 bridgehead atoms. The van der Waals surface area contributed by atoms with E-state index in [4.69, 9.17) is 16.3 Å². The van der Waals surface area contributed by atoms with Crippen LogP contribution >= 0.6 is 11.6 Å². The van der Waals surface area contributed by atoms with E-state index in [1.54, 1.807) is 11.2 Å². The second-order valence-electron chi connectivity index (χ2n) is 3.56. The third kappa shape index (κ3) is 3.90. The number of rotatable bonds is 5. The molecule has 0 N–H and O–H groups in total. The van der Waals surface area contributed by atoms with Gasteiger partial charge in [0.2, 0.25) is 10.0 Å². The van der Waals surface area contributed by atoms with Gasteiger partial charge in [0, 0.05) is 19.0 Å². The van der Waals surface area contributed by atoms with E-state index in [2.05, 4.69) is 0 Å². The standard InChI is InChI=1S/C9H18ClNO3S/c1-2-15(12,13)11-6-3-9(4-7-11)14-8-5-10/h9H,2-8H2,1H3. The fraction of sp³-hybridized carbons (Fsp3) is 1.00. The minimum absolute atomic E-state index is 0.173. The molecule has 6 heteroatoms. The molecule has 1 fully saturated rings. The first kappa shape index (κ1) is 13.2. The van der Waals surface area contributed by atoms with Gasteiger partial charge >= 0.3 is 0 Å². The molecular weight excluding hydrogens is 238 g/mol. The molecule has 0 amide bonds. The average Bonchev–Trinajstić information content (AvgIpc) is 2.27. The highest BCUT2D eigenvalue weighted by atomic mass is 35.5. The van der Waals surface area contributed by atoms with Crippen LogP contribution < -0.4 is 0 Å². The summed E-state index contributed by atoms with van der Waals surface area (Å²) in [4.78, 5) is 0. The minimum atomic E-state index is -3.01. The average molecular weight is 256 g/mol. The van der Waals surface area contributed by atoms with Gasteiger partial charge in [-0.15, -0.1) is 11.6 Å². The van der Waals surface area contributed by atoms with Crippen molar-refractivity contribution in [1.82, 2.24) is 4.31 Å². The number of sulfonamides is 1. The van der Waals surface area contributed by atoms with Crippen molar-refractivity contribution in [3.8, 4) is 0 Å². The van der Waals surface area contributed by atoms with Gasteiger partial charge < -0.3 is 4.74 Å². The zero-order chi connectivity index (χ0) is 11.3. The maximum atomic E-state index is 11.5. The van der Waals surface area contributed by atoms with Crippen molar-refractivity contribution < 1.29 is 13.2 Å². The van der Waals surface area contributed by atoms with Gasteiger partial charge in [-0.3, -0.25) is 0 Å². The first-order chi connectivity index (χ1) is 7.10. The van der Waals surface area contributed by atoms with Crippen molar-refractivity contribution in [2.45, 2.75) is 25.9 Å². The van der Waals surface area contributed by atoms with E-state index in [1.165, 1.54) is 0 Å². The molecule has 15 heavy (non-hydrogen) atoms. The number of hydrogen-bond acceptors (Lipinski definition) is 3. The van der Waals surface area contributed by atoms with Gasteiger partial charge in [-0.2, -0.15) is 0 Å². The van der Waals surface area contributed by atoms with Gasteiger partial charge in [0.1, 0.15) is 0 Å². The van der Waals surface area contributed by atoms with E-state index >= 15 is 0 Å². The van der Waals surface area contributed by atoms with Gasteiger partial charge in [0.15, 0.2) is 0 Å². The largest absolute Gasteiger partial charge is 0.377 e. The topological polar surface area (TPSA) is 46.6 Å². The first-order valence-corrected chi connectivity index (χ1v) is 7.40. The summed E-state index contributed by atoms with van der Waals surface area (Å²) in [5.41, 5.74) is 0. The Labute approximate surface area is 96.6 Å². The fourth-order valence-corrected chi connectivity index (χ4v) is 2.89. The lowest BCUT2D eigenvalue weighted by molar-refractivity contribution is 0.0301. The number of nitrogens with zero attached hydrogens (tertiary/aromatic N) is 1. The fourth-order valence-electron chi connectivity index (χ4n) is 1.67. The first-order valence-electron chi connectivity index (χ1n) is 5.25. The van der Waals surface area contributed by atoms with Crippen molar-refractivity contribution in [1.29, 1.82) is 0 Å². The molecule has 1 aliphatic rings. The van der Waals surface area contributed by atoms with Crippen LogP contribution in [-0.2, 0) is 14.8 Å². The molecule has 4 nitrogen and oxygen atoms in total. The lowest BCUT2D eigenvalue weighted by atomic mass is 10.1. The summed E-state index contributed by atoms with van der Waals surface area (Å²) < 4.78 is 30.1. The van der Waals surface area contributed by atoms with Gasteiger partial charge in [0.05, 0.1) is 18.5 Å². The Balaban J connectivity index is 2.36. The molecule has 0 spiro atoms. The van der Waals surface area contributed by atoms with Crippen molar-refractivity contribution in [2.24, 2.45) is 0 Å². The second kappa shape index (κ2) is 6.03. The Morgan fingerprint density at radius 1 is 1.40 bits per heavy atom. The minimum Gasteiger partial charge on any atom is -0.377 e. The Bertz CT molecular complexity index is 273. The molecule has 0 saturated carbocycles. The molecule has 0 atom stereocenters. The van der Waals surface area contributed by atoms with Gasteiger partial charge in [-0.1, -0.05) is 0 Å². The normalized spacial score (nSPS) is 20.7. The van der Waals surface area contributed by atoms with Crippen molar-refractivity contribution in [3.63, 3.8) is 0 Å². The smallest absolute Gasteiger partial charge is 0.213 e. The van der Waals surface area contributed by atoms with E-state index in [0.29, 0.717) is 25.6 Å². The molecule has 0 aromatic carbocycles. The zero-order valence-electron chi connectivity index (χ0n) is 8.99. The van der Waals surface area contributed by atoms with E-state index in [1.807, 2.05) is 0 Å². The predicted molar refractivity (Wildman–Crippen MR) is 60.7 cm³/mol. The summed E-state index contributed by atoms with van der Waals surface area (Å²) in [6, 6.07) is 0. The second-order valence-corrected chi connectivity index (χ2v) is 6.19. The van der Waals surface area contributed by atoms with Crippen molar-refractivity contribution >= 4 is 21.6 Å². The highest BCUT2D eigenvalue weighted by molar-refractivity contribution is 7.89. The number of piperidine rings is 1. The predicted octanol–water partition coefficient (Wildman–Crippen LogP) is 1.06. The number of hydrogen-bond donors (Lipinski definition) is 0. The quantitative estimate of drug-likeness (QED) is 0.690. The van der Waals surface area contributed by atoms with Crippen LogP contribution in [-0.4, -0.2) is 50.2 Å². The number of alkyl halides is 1. The highest BCUT2D eigenvalue weighted by Gasteiger charge is 2.26. The van der Waals surface area contributed by atoms with E-state index in [0.717, 1.165) is 12.8 Å². The molecule has 1 heterocycles. The monoisotopic (exact) mass is 255 g/mol. The van der Waals surface area contributed by atoms with Crippen LogP contribution in [0.4, 0.5) is 0 Å². The molecule has 0 aromatic rings. The summed E-state index contributed by atoms with van der Waals surface area (Å²) in [6.07, 6.45) is 1.72. The van der Waals surface area contributed by atoms with Crippen LogP contribution in [0.3, 0.4) is 0 Å². The molecule has 1 saturated heterocycles. The van der Waals surface area contributed by atoms with Crippen LogP contribution in [0.15, 0.2) is 0 Å². The van der Waals surface area contributed by atoms with Gasteiger partial charge in [-0.05, 0) is 19.8 Å². The summed E-state index contributed by atoms with van der Waals surface area (Å²) in [6.45, 7) is 3.37. The van der Waals surface area contributed by atoms with Crippen molar-refractivity contribution in [3.05, 3.63) is 0 Å². The third-order valence-corrected chi connectivity index (χ3v) is 4.63. The van der Waals surface area contributed by atoms with E-state index < -0.39 is 10.0 Å². The van der Waals surface area contributed by atoms with E-state index in [9.17, 15) is 8.42 Å². The number of halogens is 1. The maximum Gasteiger partial charge on any atom is 0.213 e. The maximum absolute atomic E-state index is 11.5. The molecule has 0 unspecified atom stereocenters. The van der Waals surface area contributed by atoms with E-state index in [-0.39, 0.29) is 11.9 Å². The molecule has 0 aliphatic carbocycles. The van der Waals surface area contributed by atoms with Crippen LogP contribution in [0.1, 0.15) is 19.8 Å². The van der Waals surface area contributed by atoms with Gasteiger partial charge in [0.25, 0.3) is 0 Å². The Kier molecular flexibility index (Phi) is 5.32. The summed E-state index contributed by atoms with van der Waals surface area (Å²) in [5.74, 6) is 0.674. The third-order valence-electron chi connectivity index (χ3n) is 2.59. The Morgan fingerprint density at radius 3 is 2.47 bits per heavy atom. The van der Waals surface area contributed by atoms with Crippen LogP contribution in [0.5, 0.6) is 0 Å².